The van der Waals surface area contributed by atoms with Crippen LogP contribution in [0.15, 0.2) is 53.0 Å². The molecule has 166 valence electrons. The van der Waals surface area contributed by atoms with Gasteiger partial charge < -0.3 is 0 Å². The SMILES string of the molecule is C[C@@H]1CC[C@H]2C(=O)N(N(Cc3ccc(Br)cc3)C(=O)c3ccccc3[N+](=O)[O-])C(=O)[C@H]2C1. The monoisotopic (exact) mass is 499 g/mol. The highest BCUT2D eigenvalue weighted by Gasteiger charge is 2.52. The van der Waals surface area contributed by atoms with Crippen LogP contribution in [0.25, 0.3) is 0 Å². The molecule has 1 saturated heterocycles. The third-order valence-electron chi connectivity index (χ3n) is 6.22. The first-order valence-electron chi connectivity index (χ1n) is 10.5. The first-order chi connectivity index (χ1) is 15.3. The summed E-state index contributed by atoms with van der Waals surface area (Å²) in [6, 6.07) is 12.7. The number of nitro benzene ring substituents is 1. The topological polar surface area (TPSA) is 101 Å². The Hall–Kier alpha value is -3.07. The van der Waals surface area contributed by atoms with E-state index in [1.807, 2.05) is 0 Å². The Morgan fingerprint density at radius 1 is 1.09 bits per heavy atom. The van der Waals surface area contributed by atoms with E-state index in [4.69, 9.17) is 0 Å². The normalized spacial score (nSPS) is 22.6. The van der Waals surface area contributed by atoms with Crippen LogP contribution in [0.2, 0.25) is 0 Å². The average Bonchev–Trinajstić information content (AvgIpc) is 3.02. The summed E-state index contributed by atoms with van der Waals surface area (Å²) in [7, 11) is 0. The molecule has 3 amide bonds. The smallest absolute Gasteiger partial charge is 0.272 e. The lowest BCUT2D eigenvalue weighted by Crippen LogP contribution is -2.50. The molecular formula is C23H22BrN3O5. The number of imide groups is 1. The van der Waals surface area contributed by atoms with Crippen LogP contribution in [0.3, 0.4) is 0 Å². The molecule has 8 nitrogen and oxygen atoms in total. The Bertz CT molecular complexity index is 1090. The van der Waals surface area contributed by atoms with Crippen LogP contribution in [-0.2, 0) is 16.1 Å². The fourth-order valence-electron chi connectivity index (χ4n) is 4.56. The fourth-order valence-corrected chi connectivity index (χ4v) is 4.82. The predicted octanol–water partition coefficient (Wildman–Crippen LogP) is 4.34. The Labute approximate surface area is 193 Å². The zero-order valence-corrected chi connectivity index (χ0v) is 19.0. The molecular weight excluding hydrogens is 478 g/mol. The van der Waals surface area contributed by atoms with E-state index < -0.39 is 34.5 Å². The summed E-state index contributed by atoms with van der Waals surface area (Å²) in [4.78, 5) is 51.0. The molecule has 0 radical (unpaired) electrons. The summed E-state index contributed by atoms with van der Waals surface area (Å²) < 4.78 is 0.839. The minimum Gasteiger partial charge on any atom is -0.272 e. The van der Waals surface area contributed by atoms with Crippen LogP contribution < -0.4 is 0 Å². The number of nitro groups is 1. The maximum atomic E-state index is 13.6. The first kappa shape index (κ1) is 22.1. The molecule has 0 aromatic heterocycles. The standard InChI is InChI=1S/C23H22BrN3O5/c1-14-6-11-17-19(12-14)23(30)26(22(17)29)25(13-15-7-9-16(24)10-8-15)21(28)18-4-2-3-5-20(18)27(31)32/h2-5,7-10,14,17,19H,6,11-13H2,1H3/t14-,17-,19+/m1/s1. The number of hydrogen-bond donors (Lipinski definition) is 0. The number of hydrazine groups is 1. The molecule has 1 heterocycles. The molecule has 32 heavy (non-hydrogen) atoms. The van der Waals surface area contributed by atoms with Gasteiger partial charge in [0.05, 0.1) is 23.3 Å². The van der Waals surface area contributed by atoms with Crippen molar-refractivity contribution in [1.29, 1.82) is 0 Å². The van der Waals surface area contributed by atoms with Gasteiger partial charge in [-0.3, -0.25) is 24.5 Å². The zero-order valence-electron chi connectivity index (χ0n) is 17.4. The molecule has 1 saturated carbocycles. The Balaban J connectivity index is 1.75. The van der Waals surface area contributed by atoms with Gasteiger partial charge in [-0.1, -0.05) is 47.1 Å². The maximum absolute atomic E-state index is 13.6. The Morgan fingerprint density at radius 2 is 1.75 bits per heavy atom. The highest BCUT2D eigenvalue weighted by Crippen LogP contribution is 2.41. The summed E-state index contributed by atoms with van der Waals surface area (Å²) in [5.74, 6) is -2.17. The van der Waals surface area contributed by atoms with Crippen LogP contribution in [0.4, 0.5) is 5.69 Å². The van der Waals surface area contributed by atoms with Crippen LogP contribution in [-0.4, -0.2) is 32.7 Å². The number of carbonyl (C=O) groups excluding carboxylic acids is 3. The highest BCUT2D eigenvalue weighted by molar-refractivity contribution is 9.10. The number of nitrogens with zero attached hydrogens (tertiary/aromatic N) is 3. The predicted molar refractivity (Wildman–Crippen MR) is 119 cm³/mol. The van der Waals surface area contributed by atoms with Gasteiger partial charge in [0.2, 0.25) is 0 Å². The molecule has 0 spiro atoms. The lowest BCUT2D eigenvalue weighted by Gasteiger charge is -2.30. The molecule has 2 aromatic carbocycles. The lowest BCUT2D eigenvalue weighted by atomic mass is 9.76. The van der Waals surface area contributed by atoms with Gasteiger partial charge in [0.25, 0.3) is 23.4 Å². The van der Waals surface area contributed by atoms with Gasteiger partial charge in [-0.15, -0.1) is 0 Å². The fraction of sp³-hybridized carbons (Fsp3) is 0.348. The number of halogens is 1. The molecule has 2 aromatic rings. The van der Waals surface area contributed by atoms with Crippen LogP contribution in [0.5, 0.6) is 0 Å². The summed E-state index contributed by atoms with van der Waals surface area (Å²) in [6.45, 7) is 1.99. The van der Waals surface area contributed by atoms with Crippen LogP contribution >= 0.6 is 15.9 Å². The van der Waals surface area contributed by atoms with E-state index in [1.165, 1.54) is 24.3 Å². The van der Waals surface area contributed by atoms with Crippen molar-refractivity contribution in [3.63, 3.8) is 0 Å². The Morgan fingerprint density at radius 3 is 2.44 bits per heavy atom. The first-order valence-corrected chi connectivity index (χ1v) is 11.2. The molecule has 2 fully saturated rings. The van der Waals surface area contributed by atoms with E-state index in [1.54, 1.807) is 24.3 Å². The third-order valence-corrected chi connectivity index (χ3v) is 6.75. The van der Waals surface area contributed by atoms with Crippen molar-refractivity contribution in [2.75, 3.05) is 0 Å². The molecule has 3 atom stereocenters. The summed E-state index contributed by atoms with van der Waals surface area (Å²) in [5, 5.41) is 13.5. The minimum atomic E-state index is -0.756. The van der Waals surface area contributed by atoms with Crippen molar-refractivity contribution in [1.82, 2.24) is 10.0 Å². The summed E-state index contributed by atoms with van der Waals surface area (Å²) in [5.41, 5.74) is 0.144. The van der Waals surface area contributed by atoms with Gasteiger partial charge >= 0.3 is 0 Å². The van der Waals surface area contributed by atoms with Gasteiger partial charge in [-0.05, 0) is 48.9 Å². The molecule has 2 aliphatic rings. The second-order valence-electron chi connectivity index (χ2n) is 8.38. The number of fused-ring (bicyclic) bond motifs is 1. The van der Waals surface area contributed by atoms with Crippen molar-refractivity contribution in [2.24, 2.45) is 17.8 Å². The molecule has 0 bridgehead atoms. The molecule has 0 unspecified atom stereocenters. The number of amides is 3. The summed E-state index contributed by atoms with van der Waals surface area (Å²) >= 11 is 3.36. The van der Waals surface area contributed by atoms with E-state index in [-0.39, 0.29) is 17.8 Å². The molecule has 9 heteroatoms. The van der Waals surface area contributed by atoms with Gasteiger partial charge in [0, 0.05) is 10.5 Å². The van der Waals surface area contributed by atoms with E-state index in [2.05, 4.69) is 22.9 Å². The number of carbonyl (C=O) groups is 3. The van der Waals surface area contributed by atoms with Crippen molar-refractivity contribution >= 4 is 39.3 Å². The van der Waals surface area contributed by atoms with Crippen LogP contribution in [0.1, 0.15) is 42.1 Å². The van der Waals surface area contributed by atoms with E-state index in [9.17, 15) is 24.5 Å². The summed E-state index contributed by atoms with van der Waals surface area (Å²) in [6.07, 6.45) is 2.04. The van der Waals surface area contributed by atoms with E-state index in [0.717, 1.165) is 20.9 Å². The highest BCUT2D eigenvalue weighted by atomic mass is 79.9. The largest absolute Gasteiger partial charge is 0.282 e. The van der Waals surface area contributed by atoms with Crippen LogP contribution in [0, 0.1) is 27.9 Å². The molecule has 0 N–H and O–H groups in total. The third kappa shape index (κ3) is 4.04. The van der Waals surface area contributed by atoms with Gasteiger partial charge in [-0.2, -0.15) is 5.01 Å². The second-order valence-corrected chi connectivity index (χ2v) is 9.30. The van der Waals surface area contributed by atoms with Crippen molar-refractivity contribution in [3.05, 3.63) is 74.2 Å². The number of rotatable bonds is 5. The maximum Gasteiger partial charge on any atom is 0.282 e. The molecule has 1 aliphatic carbocycles. The van der Waals surface area contributed by atoms with Crippen molar-refractivity contribution < 1.29 is 19.3 Å². The number of benzene rings is 2. The Kier molecular flexibility index (Phi) is 6.10. The van der Waals surface area contributed by atoms with Crippen molar-refractivity contribution in [3.8, 4) is 0 Å². The second kappa shape index (κ2) is 8.82. The number of hydrogen-bond acceptors (Lipinski definition) is 5. The lowest BCUT2D eigenvalue weighted by molar-refractivity contribution is -0.385. The van der Waals surface area contributed by atoms with E-state index >= 15 is 0 Å². The van der Waals surface area contributed by atoms with Gasteiger partial charge in [-0.25, -0.2) is 5.01 Å². The van der Waals surface area contributed by atoms with Crippen molar-refractivity contribution in [2.45, 2.75) is 32.7 Å². The van der Waals surface area contributed by atoms with Gasteiger partial charge in [0.15, 0.2) is 0 Å². The van der Waals surface area contributed by atoms with Gasteiger partial charge in [0.1, 0.15) is 5.56 Å². The average molecular weight is 500 g/mol. The quantitative estimate of drug-likeness (QED) is 0.346. The number of para-hydroxylation sites is 1. The zero-order chi connectivity index (χ0) is 23.0. The molecule has 4 rings (SSSR count). The minimum absolute atomic E-state index is 0.0648. The van der Waals surface area contributed by atoms with E-state index in [0.29, 0.717) is 24.3 Å². The molecule has 1 aliphatic heterocycles.